The van der Waals surface area contributed by atoms with Gasteiger partial charge in [0.1, 0.15) is 11.6 Å². The number of piperazine rings is 1. The predicted octanol–water partition coefficient (Wildman–Crippen LogP) is 2.60. The highest BCUT2D eigenvalue weighted by Crippen LogP contribution is 2.29. The lowest BCUT2D eigenvalue weighted by Gasteiger charge is -2.42. The zero-order valence-electron chi connectivity index (χ0n) is 25.1. The zero-order chi connectivity index (χ0) is 29.9. The number of amides is 4. The lowest BCUT2D eigenvalue weighted by atomic mass is 10.0. The first kappa shape index (κ1) is 30.1. The first-order valence-corrected chi connectivity index (χ1v) is 15.3. The lowest BCUT2D eigenvalue weighted by molar-refractivity contribution is -0.136. The molecule has 1 N–H and O–H groups in total. The van der Waals surface area contributed by atoms with Crippen LogP contribution >= 0.6 is 0 Å². The number of unbranched alkanes of at least 4 members (excludes halogenated alkanes) is 1. The van der Waals surface area contributed by atoms with Gasteiger partial charge in [0.25, 0.3) is 5.91 Å². The zero-order valence-corrected chi connectivity index (χ0v) is 25.1. The first-order valence-electron chi connectivity index (χ1n) is 15.3. The van der Waals surface area contributed by atoms with Crippen molar-refractivity contribution in [1.82, 2.24) is 24.9 Å². The van der Waals surface area contributed by atoms with Crippen molar-refractivity contribution in [2.75, 3.05) is 45.8 Å². The van der Waals surface area contributed by atoms with Gasteiger partial charge in [-0.05, 0) is 70.7 Å². The van der Waals surface area contributed by atoms with Gasteiger partial charge in [0.05, 0.1) is 0 Å². The Morgan fingerprint density at radius 3 is 2.45 bits per heavy atom. The van der Waals surface area contributed by atoms with Crippen LogP contribution in [0.1, 0.15) is 80.8 Å². The molecule has 0 aromatic heterocycles. The summed E-state index contributed by atoms with van der Waals surface area (Å²) in [5.74, 6) is 5.72. The van der Waals surface area contributed by atoms with Crippen LogP contribution in [0.5, 0.6) is 0 Å². The molecular weight excluding hydrogens is 534 g/mol. The van der Waals surface area contributed by atoms with E-state index in [2.05, 4.69) is 27.0 Å². The molecule has 4 aliphatic heterocycles. The number of rotatable bonds is 5. The largest absolute Gasteiger partial charge is 0.444 e. The van der Waals surface area contributed by atoms with Crippen LogP contribution in [0.4, 0.5) is 4.79 Å². The summed E-state index contributed by atoms with van der Waals surface area (Å²) in [7, 11) is 0. The van der Waals surface area contributed by atoms with Gasteiger partial charge < -0.3 is 19.4 Å². The number of imide groups is 1. The van der Waals surface area contributed by atoms with Crippen LogP contribution in [0.3, 0.4) is 0 Å². The van der Waals surface area contributed by atoms with E-state index in [4.69, 9.17) is 4.74 Å². The van der Waals surface area contributed by atoms with E-state index in [0.29, 0.717) is 24.6 Å². The van der Waals surface area contributed by atoms with Crippen molar-refractivity contribution in [2.24, 2.45) is 0 Å². The molecule has 0 radical (unpaired) electrons. The fraction of sp³-hybridized carbons (Fsp3) is 0.625. The van der Waals surface area contributed by atoms with Gasteiger partial charge in [-0.15, -0.1) is 0 Å². The van der Waals surface area contributed by atoms with Crippen molar-refractivity contribution in [1.29, 1.82) is 0 Å². The van der Waals surface area contributed by atoms with E-state index in [1.165, 1.54) is 0 Å². The minimum atomic E-state index is -0.617. The highest BCUT2D eigenvalue weighted by Gasteiger charge is 2.39. The molecule has 4 amide bonds. The molecule has 3 fully saturated rings. The number of hydrogen-bond acceptors (Lipinski definition) is 7. The lowest BCUT2D eigenvalue weighted by Crippen LogP contribution is -2.54. The molecule has 1 aromatic rings. The molecular formula is C32H43N5O5. The molecule has 4 aliphatic rings. The van der Waals surface area contributed by atoms with Gasteiger partial charge in [0.2, 0.25) is 11.8 Å². The van der Waals surface area contributed by atoms with Crippen molar-refractivity contribution in [2.45, 2.75) is 83.5 Å². The van der Waals surface area contributed by atoms with Crippen LogP contribution in [0.25, 0.3) is 0 Å². The van der Waals surface area contributed by atoms with Gasteiger partial charge in [-0.1, -0.05) is 17.9 Å². The van der Waals surface area contributed by atoms with Gasteiger partial charge in [0, 0.05) is 75.8 Å². The van der Waals surface area contributed by atoms with Crippen LogP contribution in [-0.4, -0.2) is 107 Å². The summed E-state index contributed by atoms with van der Waals surface area (Å²) < 4.78 is 5.53. The number of hydrogen-bond donors (Lipinski definition) is 1. The maximum Gasteiger partial charge on any atom is 0.410 e. The summed E-state index contributed by atoms with van der Waals surface area (Å²) >= 11 is 0. The van der Waals surface area contributed by atoms with E-state index in [9.17, 15) is 19.2 Å². The number of carbonyl (C=O) groups is 4. The number of nitrogens with one attached hydrogen (secondary N) is 1. The second-order valence-corrected chi connectivity index (χ2v) is 12.7. The third-order valence-electron chi connectivity index (χ3n) is 8.62. The molecule has 1 unspecified atom stereocenters. The molecule has 0 bridgehead atoms. The second-order valence-electron chi connectivity index (χ2n) is 12.7. The number of fused-ring (bicyclic) bond motifs is 1. The van der Waals surface area contributed by atoms with Crippen LogP contribution in [0, 0.1) is 11.8 Å². The first-order chi connectivity index (χ1) is 20.1. The van der Waals surface area contributed by atoms with E-state index in [1.807, 2.05) is 37.8 Å². The normalized spacial score (nSPS) is 22.5. The molecule has 4 heterocycles. The quantitative estimate of drug-likeness (QED) is 0.326. The Kier molecular flexibility index (Phi) is 9.19. The summed E-state index contributed by atoms with van der Waals surface area (Å²) in [6.07, 6.45) is 4.15. The molecule has 10 nitrogen and oxygen atoms in total. The van der Waals surface area contributed by atoms with E-state index in [1.54, 1.807) is 11.0 Å². The predicted molar refractivity (Wildman–Crippen MR) is 157 cm³/mol. The molecule has 5 rings (SSSR count). The molecule has 0 aliphatic carbocycles. The summed E-state index contributed by atoms with van der Waals surface area (Å²) in [6.45, 7) is 12.8. The third kappa shape index (κ3) is 7.13. The minimum absolute atomic E-state index is 0.170. The highest BCUT2D eigenvalue weighted by molar-refractivity contribution is 6.05. The van der Waals surface area contributed by atoms with Gasteiger partial charge >= 0.3 is 6.09 Å². The summed E-state index contributed by atoms with van der Waals surface area (Å²) in [5, 5.41) is 2.35. The number of benzene rings is 1. The van der Waals surface area contributed by atoms with Gasteiger partial charge in [-0.3, -0.25) is 24.6 Å². The number of carbonyl (C=O) groups excluding carboxylic acids is 4. The summed E-state index contributed by atoms with van der Waals surface area (Å²) in [6, 6.07) is 5.48. The van der Waals surface area contributed by atoms with Gasteiger partial charge in [-0.25, -0.2) is 4.79 Å². The number of likely N-dealkylation sites (tertiary alicyclic amines) is 1. The smallest absolute Gasteiger partial charge is 0.410 e. The highest BCUT2D eigenvalue weighted by atomic mass is 16.6. The van der Waals surface area contributed by atoms with E-state index in [0.717, 1.165) is 82.6 Å². The third-order valence-corrected chi connectivity index (χ3v) is 8.62. The van der Waals surface area contributed by atoms with E-state index >= 15 is 0 Å². The van der Waals surface area contributed by atoms with Crippen molar-refractivity contribution in [3.8, 4) is 11.8 Å². The maximum absolute atomic E-state index is 13.0. The molecule has 42 heavy (non-hydrogen) atoms. The summed E-state index contributed by atoms with van der Waals surface area (Å²) in [4.78, 5) is 57.7. The number of ether oxygens (including phenoxy) is 1. The fourth-order valence-corrected chi connectivity index (χ4v) is 6.34. The fourth-order valence-electron chi connectivity index (χ4n) is 6.34. The Bertz CT molecular complexity index is 1260. The Hall–Kier alpha value is -3.42. The van der Waals surface area contributed by atoms with E-state index in [-0.39, 0.29) is 24.3 Å². The Morgan fingerprint density at radius 2 is 1.76 bits per heavy atom. The van der Waals surface area contributed by atoms with Crippen molar-refractivity contribution in [3.05, 3.63) is 34.9 Å². The van der Waals surface area contributed by atoms with Crippen molar-refractivity contribution >= 4 is 23.8 Å². The topological polar surface area (TPSA) is 102 Å². The Morgan fingerprint density at radius 1 is 1.02 bits per heavy atom. The molecule has 10 heteroatoms. The van der Waals surface area contributed by atoms with Crippen LogP contribution < -0.4 is 5.32 Å². The van der Waals surface area contributed by atoms with Crippen molar-refractivity contribution < 1.29 is 23.9 Å². The number of nitrogens with zero attached hydrogens (tertiary/aromatic N) is 4. The molecule has 226 valence electrons. The molecule has 1 atom stereocenters. The average Bonchev–Trinajstić information content (AvgIpc) is 3.29. The Labute approximate surface area is 248 Å². The molecule has 3 saturated heterocycles. The van der Waals surface area contributed by atoms with Crippen LogP contribution in [-0.2, 0) is 20.9 Å². The second kappa shape index (κ2) is 12.8. The number of piperidine rings is 2. The van der Waals surface area contributed by atoms with Gasteiger partial charge in [-0.2, -0.15) is 0 Å². The van der Waals surface area contributed by atoms with Crippen LogP contribution in [0.15, 0.2) is 18.2 Å². The molecule has 1 aromatic carbocycles. The monoisotopic (exact) mass is 577 g/mol. The molecule has 0 saturated carbocycles. The maximum atomic E-state index is 13.0. The minimum Gasteiger partial charge on any atom is -0.444 e. The summed E-state index contributed by atoms with van der Waals surface area (Å²) in [5.41, 5.74) is 1.84. The van der Waals surface area contributed by atoms with Crippen LogP contribution in [0.2, 0.25) is 0 Å². The van der Waals surface area contributed by atoms with E-state index < -0.39 is 17.6 Å². The standard InChI is InChI=1S/C32H43N5O5/c1-32(2,3)42-31(41)36-16-13-24(14-17-36)35-20-18-34(19-21-35)15-6-4-5-8-23-9-7-10-25-26(23)22-37(30(25)40)27-11-12-28(38)33-29(27)39/h7,9-10,24,27H,4,6,11-22H2,1-3H3,(H,33,38,39). The Balaban J connectivity index is 1.03. The molecule has 0 spiro atoms. The van der Waals surface area contributed by atoms with Crippen molar-refractivity contribution in [3.63, 3.8) is 0 Å². The average molecular weight is 578 g/mol. The SMILES string of the molecule is CC(C)(C)OC(=O)N1CCC(N2CCN(CCCC#Cc3cccc4c3CN(C3CCC(=O)NC3=O)C4=O)CC2)CC1. The van der Waals surface area contributed by atoms with Gasteiger partial charge in [0.15, 0.2) is 0 Å².